The summed E-state index contributed by atoms with van der Waals surface area (Å²) < 4.78 is 0. The summed E-state index contributed by atoms with van der Waals surface area (Å²) in [5.41, 5.74) is 1.94. The summed E-state index contributed by atoms with van der Waals surface area (Å²) in [5.74, 6) is 1.08. The molecule has 2 aliphatic rings. The predicted molar refractivity (Wildman–Crippen MR) is 74.7 cm³/mol. The molecule has 96 valence electrons. The number of likely N-dealkylation sites (N-methyl/N-ethyl adjacent to an activating group) is 1. The maximum Gasteiger partial charge on any atom is 0.193 e. The minimum Gasteiger partial charge on any atom is -0.356 e. The largest absolute Gasteiger partial charge is 0.356 e. The van der Waals surface area contributed by atoms with Gasteiger partial charge in [-0.1, -0.05) is 30.3 Å². The number of nitrogens with zero attached hydrogens (tertiary/aromatic N) is 2. The molecule has 1 aliphatic heterocycles. The first-order valence-electron chi connectivity index (χ1n) is 6.81. The van der Waals surface area contributed by atoms with Crippen LogP contribution in [0.4, 0.5) is 0 Å². The molecule has 18 heavy (non-hydrogen) atoms. The fourth-order valence-corrected chi connectivity index (χ4v) is 2.61. The molecule has 1 aromatic carbocycles. The number of aliphatic imine (C=N–C) groups is 1. The number of rotatable bonds is 4. The molecule has 0 amide bonds. The van der Waals surface area contributed by atoms with E-state index in [4.69, 9.17) is 0 Å². The van der Waals surface area contributed by atoms with Crippen LogP contribution in [0.2, 0.25) is 0 Å². The molecule has 0 saturated heterocycles. The van der Waals surface area contributed by atoms with Gasteiger partial charge in [0.2, 0.25) is 0 Å². The summed E-state index contributed by atoms with van der Waals surface area (Å²) in [5, 5.41) is 3.53. The summed E-state index contributed by atoms with van der Waals surface area (Å²) >= 11 is 0. The van der Waals surface area contributed by atoms with Crippen molar-refractivity contribution in [2.24, 2.45) is 10.4 Å². The van der Waals surface area contributed by atoms with Crippen LogP contribution in [-0.2, 0) is 6.42 Å². The molecule has 1 N–H and O–H groups in total. The summed E-state index contributed by atoms with van der Waals surface area (Å²) in [7, 11) is 2.11. The van der Waals surface area contributed by atoms with Crippen molar-refractivity contribution < 1.29 is 0 Å². The first kappa shape index (κ1) is 11.6. The van der Waals surface area contributed by atoms with E-state index in [-0.39, 0.29) is 0 Å². The van der Waals surface area contributed by atoms with Gasteiger partial charge in [-0.25, -0.2) is 0 Å². The van der Waals surface area contributed by atoms with Crippen LogP contribution in [0.3, 0.4) is 0 Å². The summed E-state index contributed by atoms with van der Waals surface area (Å²) in [4.78, 5) is 6.69. The van der Waals surface area contributed by atoms with Crippen molar-refractivity contribution in [1.29, 1.82) is 0 Å². The highest BCUT2D eigenvalue weighted by Crippen LogP contribution is 2.47. The maximum atomic E-state index is 4.49. The van der Waals surface area contributed by atoms with E-state index >= 15 is 0 Å². The fraction of sp³-hybridized carbons (Fsp3) is 0.533. The first-order chi connectivity index (χ1) is 8.77. The van der Waals surface area contributed by atoms with E-state index in [1.807, 2.05) is 0 Å². The highest BCUT2D eigenvalue weighted by Gasteiger charge is 2.42. The molecule has 1 fully saturated rings. The van der Waals surface area contributed by atoms with E-state index in [2.05, 4.69) is 52.6 Å². The molecule has 0 atom stereocenters. The normalized spacial score (nSPS) is 20.7. The van der Waals surface area contributed by atoms with Crippen LogP contribution in [-0.4, -0.2) is 37.5 Å². The minimum atomic E-state index is 0.479. The number of hydrogen-bond donors (Lipinski definition) is 1. The van der Waals surface area contributed by atoms with Gasteiger partial charge in [0.25, 0.3) is 0 Å². The van der Waals surface area contributed by atoms with Gasteiger partial charge in [-0.15, -0.1) is 0 Å². The molecule has 0 unspecified atom stereocenters. The Morgan fingerprint density at radius 3 is 2.67 bits per heavy atom. The monoisotopic (exact) mass is 243 g/mol. The van der Waals surface area contributed by atoms with Crippen LogP contribution in [0.25, 0.3) is 0 Å². The number of benzene rings is 1. The van der Waals surface area contributed by atoms with Gasteiger partial charge in [0.15, 0.2) is 5.96 Å². The van der Waals surface area contributed by atoms with Crippen LogP contribution in [0.1, 0.15) is 18.4 Å². The third-order valence-corrected chi connectivity index (χ3v) is 4.06. The molecular formula is C15H21N3. The van der Waals surface area contributed by atoms with E-state index in [0.29, 0.717) is 5.41 Å². The third-order valence-electron chi connectivity index (χ3n) is 4.06. The van der Waals surface area contributed by atoms with Crippen molar-refractivity contribution in [2.75, 3.05) is 26.7 Å². The van der Waals surface area contributed by atoms with Gasteiger partial charge in [-0.05, 0) is 30.2 Å². The zero-order chi connectivity index (χ0) is 12.4. The molecule has 3 nitrogen and oxygen atoms in total. The first-order valence-corrected chi connectivity index (χ1v) is 6.81. The van der Waals surface area contributed by atoms with Crippen LogP contribution in [0, 0.1) is 5.41 Å². The van der Waals surface area contributed by atoms with E-state index in [1.54, 1.807) is 0 Å². The average Bonchev–Trinajstić information content (AvgIpc) is 3.02. The Labute approximate surface area is 109 Å². The Bertz CT molecular complexity index is 434. The molecule has 0 radical (unpaired) electrons. The molecule has 1 aromatic rings. The Balaban J connectivity index is 1.56. The topological polar surface area (TPSA) is 27.6 Å². The molecular weight excluding hydrogens is 222 g/mol. The van der Waals surface area contributed by atoms with Crippen LogP contribution >= 0.6 is 0 Å². The standard InChI is InChI=1S/C15H21N3/c1-18-10-9-16-14(18)17-12-15(7-8-15)11-13-5-3-2-4-6-13/h2-6H,7-12H2,1H3,(H,16,17). The van der Waals surface area contributed by atoms with E-state index in [0.717, 1.165) is 25.6 Å². The molecule has 1 heterocycles. The number of hydrogen-bond acceptors (Lipinski definition) is 3. The Morgan fingerprint density at radius 1 is 1.28 bits per heavy atom. The SMILES string of the molecule is CN1CCN=C1NCC1(Cc2ccccc2)CC1. The summed E-state index contributed by atoms with van der Waals surface area (Å²) in [6, 6.07) is 10.8. The third kappa shape index (κ3) is 2.50. The van der Waals surface area contributed by atoms with Crippen LogP contribution in [0.5, 0.6) is 0 Å². The van der Waals surface area contributed by atoms with Crippen LogP contribution < -0.4 is 5.32 Å². The van der Waals surface area contributed by atoms with Crippen LogP contribution in [0.15, 0.2) is 35.3 Å². The van der Waals surface area contributed by atoms with E-state index in [9.17, 15) is 0 Å². The van der Waals surface area contributed by atoms with Crippen molar-refractivity contribution in [3.05, 3.63) is 35.9 Å². The second-order valence-corrected chi connectivity index (χ2v) is 5.64. The fourth-order valence-electron chi connectivity index (χ4n) is 2.61. The highest BCUT2D eigenvalue weighted by molar-refractivity contribution is 5.81. The summed E-state index contributed by atoms with van der Waals surface area (Å²) in [6.07, 6.45) is 3.87. The van der Waals surface area contributed by atoms with Gasteiger partial charge in [0, 0.05) is 20.1 Å². The molecule has 1 aliphatic carbocycles. The minimum absolute atomic E-state index is 0.479. The van der Waals surface area contributed by atoms with E-state index < -0.39 is 0 Å². The van der Waals surface area contributed by atoms with Gasteiger partial charge < -0.3 is 10.2 Å². The van der Waals surface area contributed by atoms with E-state index in [1.165, 1.54) is 24.8 Å². The second-order valence-electron chi connectivity index (χ2n) is 5.64. The molecule has 0 bridgehead atoms. The number of nitrogens with one attached hydrogen (secondary N) is 1. The quantitative estimate of drug-likeness (QED) is 0.874. The molecule has 3 heteroatoms. The van der Waals surface area contributed by atoms with Crippen molar-refractivity contribution in [1.82, 2.24) is 10.2 Å². The lowest BCUT2D eigenvalue weighted by Gasteiger charge is -2.20. The lowest BCUT2D eigenvalue weighted by molar-refractivity contribution is 0.470. The Hall–Kier alpha value is -1.51. The van der Waals surface area contributed by atoms with Gasteiger partial charge in [-0.3, -0.25) is 4.99 Å². The predicted octanol–water partition coefficient (Wildman–Crippen LogP) is 1.90. The molecule has 1 saturated carbocycles. The average molecular weight is 243 g/mol. The molecule has 3 rings (SSSR count). The highest BCUT2D eigenvalue weighted by atomic mass is 15.3. The lowest BCUT2D eigenvalue weighted by atomic mass is 9.96. The molecule has 0 spiro atoms. The van der Waals surface area contributed by atoms with Crippen molar-refractivity contribution >= 4 is 5.96 Å². The van der Waals surface area contributed by atoms with Gasteiger partial charge in [-0.2, -0.15) is 0 Å². The van der Waals surface area contributed by atoms with Gasteiger partial charge in [0.05, 0.1) is 6.54 Å². The Morgan fingerprint density at radius 2 is 2.06 bits per heavy atom. The molecule has 0 aromatic heterocycles. The second kappa shape index (κ2) is 4.63. The zero-order valence-corrected chi connectivity index (χ0v) is 11.0. The van der Waals surface area contributed by atoms with Crippen molar-refractivity contribution in [3.8, 4) is 0 Å². The maximum absolute atomic E-state index is 4.49. The Kier molecular flexibility index (Phi) is 2.98. The lowest BCUT2D eigenvalue weighted by Crippen LogP contribution is -2.39. The zero-order valence-electron chi connectivity index (χ0n) is 11.0. The van der Waals surface area contributed by atoms with Gasteiger partial charge >= 0.3 is 0 Å². The number of guanidine groups is 1. The van der Waals surface area contributed by atoms with Crippen molar-refractivity contribution in [2.45, 2.75) is 19.3 Å². The summed E-state index contributed by atoms with van der Waals surface area (Å²) in [6.45, 7) is 3.05. The smallest absolute Gasteiger partial charge is 0.193 e. The van der Waals surface area contributed by atoms with Crippen molar-refractivity contribution in [3.63, 3.8) is 0 Å². The van der Waals surface area contributed by atoms with Gasteiger partial charge in [0.1, 0.15) is 0 Å².